The zero-order valence-electron chi connectivity index (χ0n) is 12.0. The number of H-pyrrole nitrogens is 1. The van der Waals surface area contributed by atoms with Gasteiger partial charge in [-0.15, -0.1) is 0 Å². The Morgan fingerprint density at radius 3 is 2.59 bits per heavy atom. The molecule has 0 bridgehead atoms. The Labute approximate surface area is 134 Å². The second-order valence-electron chi connectivity index (χ2n) is 5.13. The molecule has 0 saturated carbocycles. The normalized spacial score (nSPS) is 16.9. The molecule has 0 atom stereocenters. The van der Waals surface area contributed by atoms with E-state index >= 15 is 0 Å². The first kappa shape index (κ1) is 15.3. The van der Waals surface area contributed by atoms with E-state index in [4.69, 9.17) is 11.6 Å². The fraction of sp³-hybridized carbons (Fsp3) is 0.385. The quantitative estimate of drug-likeness (QED) is 0.909. The molecule has 0 spiro atoms. The summed E-state index contributed by atoms with van der Waals surface area (Å²) in [6.45, 7) is 3.72. The highest BCUT2D eigenvalue weighted by Gasteiger charge is 2.30. The highest BCUT2D eigenvalue weighted by atomic mass is 35.5. The van der Waals surface area contributed by atoms with Gasteiger partial charge in [-0.2, -0.15) is 14.4 Å². The number of aromatic amines is 1. The van der Waals surface area contributed by atoms with Crippen LogP contribution < -0.4 is 4.90 Å². The number of rotatable bonds is 3. The van der Waals surface area contributed by atoms with Gasteiger partial charge in [0.15, 0.2) is 0 Å². The zero-order valence-corrected chi connectivity index (χ0v) is 13.6. The summed E-state index contributed by atoms with van der Waals surface area (Å²) < 4.78 is 26.9. The summed E-state index contributed by atoms with van der Waals surface area (Å²) in [5.41, 5.74) is 0.864. The van der Waals surface area contributed by atoms with Crippen molar-refractivity contribution in [2.24, 2.45) is 0 Å². The Morgan fingerprint density at radius 1 is 1.23 bits per heavy atom. The van der Waals surface area contributed by atoms with E-state index in [0.717, 1.165) is 5.56 Å². The number of hydrogen-bond donors (Lipinski definition) is 1. The van der Waals surface area contributed by atoms with Gasteiger partial charge in [-0.1, -0.05) is 17.7 Å². The standard InChI is InChI=1S/C13H16ClN5O2S/c1-10-2-3-11(14)12(8-10)22(20,21)19-6-4-18(5-7-19)13-15-9-16-17-13/h2-3,8-9H,4-7H2,1H3,(H,15,16,17). The predicted octanol–water partition coefficient (Wildman–Crippen LogP) is 1.28. The van der Waals surface area contributed by atoms with Crippen molar-refractivity contribution in [2.45, 2.75) is 11.8 Å². The summed E-state index contributed by atoms with van der Waals surface area (Å²) in [4.78, 5) is 6.22. The van der Waals surface area contributed by atoms with Gasteiger partial charge >= 0.3 is 0 Å². The zero-order chi connectivity index (χ0) is 15.7. The van der Waals surface area contributed by atoms with E-state index in [9.17, 15) is 8.42 Å². The summed E-state index contributed by atoms with van der Waals surface area (Å²) in [6.07, 6.45) is 1.44. The first-order chi connectivity index (χ1) is 10.5. The number of benzene rings is 1. The molecular formula is C13H16ClN5O2S. The average molecular weight is 342 g/mol. The summed E-state index contributed by atoms with van der Waals surface area (Å²) in [6, 6.07) is 5.03. The Bertz CT molecular complexity index is 755. The number of nitrogens with zero attached hydrogens (tertiary/aromatic N) is 4. The molecule has 1 N–H and O–H groups in total. The lowest BCUT2D eigenvalue weighted by Gasteiger charge is -2.33. The van der Waals surface area contributed by atoms with Crippen LogP contribution in [-0.2, 0) is 10.0 Å². The first-order valence-electron chi connectivity index (χ1n) is 6.85. The number of halogens is 1. The Balaban J connectivity index is 1.79. The molecule has 1 saturated heterocycles. The number of anilines is 1. The van der Waals surface area contributed by atoms with Crippen LogP contribution in [0.3, 0.4) is 0 Å². The third-order valence-corrected chi connectivity index (χ3v) is 6.03. The van der Waals surface area contributed by atoms with Gasteiger partial charge in [0, 0.05) is 26.2 Å². The molecule has 1 aliphatic heterocycles. The molecule has 0 radical (unpaired) electrons. The number of aryl methyl sites for hydroxylation is 1. The molecule has 1 aromatic carbocycles. The van der Waals surface area contributed by atoms with Crippen molar-refractivity contribution >= 4 is 27.6 Å². The molecule has 0 aliphatic carbocycles. The van der Waals surface area contributed by atoms with Crippen LogP contribution in [0.1, 0.15) is 5.56 Å². The fourth-order valence-electron chi connectivity index (χ4n) is 2.44. The van der Waals surface area contributed by atoms with Crippen LogP contribution in [0.25, 0.3) is 0 Å². The third kappa shape index (κ3) is 2.81. The molecule has 3 rings (SSSR count). The number of sulfonamides is 1. The van der Waals surface area contributed by atoms with E-state index in [1.165, 1.54) is 10.6 Å². The highest BCUT2D eigenvalue weighted by molar-refractivity contribution is 7.89. The second kappa shape index (κ2) is 5.86. The lowest BCUT2D eigenvalue weighted by molar-refractivity contribution is 0.382. The van der Waals surface area contributed by atoms with E-state index in [1.54, 1.807) is 18.2 Å². The molecule has 1 fully saturated rings. The van der Waals surface area contributed by atoms with Gasteiger partial charge in [0.05, 0.1) is 5.02 Å². The number of nitrogens with one attached hydrogen (secondary N) is 1. The van der Waals surface area contributed by atoms with Crippen molar-refractivity contribution in [3.63, 3.8) is 0 Å². The lowest BCUT2D eigenvalue weighted by atomic mass is 10.2. The minimum atomic E-state index is -3.58. The maximum atomic E-state index is 12.7. The van der Waals surface area contributed by atoms with Crippen LogP contribution in [-0.4, -0.2) is 54.1 Å². The maximum Gasteiger partial charge on any atom is 0.244 e. The van der Waals surface area contributed by atoms with Crippen molar-refractivity contribution in [3.05, 3.63) is 35.1 Å². The van der Waals surface area contributed by atoms with E-state index in [1.807, 2.05) is 11.8 Å². The first-order valence-corrected chi connectivity index (χ1v) is 8.67. The average Bonchev–Trinajstić information content (AvgIpc) is 3.04. The van der Waals surface area contributed by atoms with E-state index in [0.29, 0.717) is 32.1 Å². The summed E-state index contributed by atoms with van der Waals surface area (Å²) in [7, 11) is -3.58. The number of hydrogen-bond acceptors (Lipinski definition) is 5. The van der Waals surface area contributed by atoms with Crippen LogP contribution in [0.15, 0.2) is 29.4 Å². The Kier molecular flexibility index (Phi) is 4.07. The van der Waals surface area contributed by atoms with Crippen LogP contribution in [0.2, 0.25) is 5.02 Å². The van der Waals surface area contributed by atoms with Gasteiger partial charge in [-0.3, -0.25) is 0 Å². The molecule has 0 amide bonds. The van der Waals surface area contributed by atoms with Gasteiger partial charge < -0.3 is 4.90 Å². The minimum absolute atomic E-state index is 0.169. The van der Waals surface area contributed by atoms with Gasteiger partial charge in [-0.05, 0) is 24.6 Å². The van der Waals surface area contributed by atoms with Gasteiger partial charge in [0.25, 0.3) is 0 Å². The SMILES string of the molecule is Cc1ccc(Cl)c(S(=O)(=O)N2CCN(c3ncn[nH]3)CC2)c1. The van der Waals surface area contributed by atoms with Gasteiger partial charge in [0.2, 0.25) is 16.0 Å². The van der Waals surface area contributed by atoms with Crippen LogP contribution in [0.5, 0.6) is 0 Å². The molecule has 0 unspecified atom stereocenters. The molecule has 118 valence electrons. The monoisotopic (exact) mass is 341 g/mol. The third-order valence-electron chi connectivity index (χ3n) is 3.65. The highest BCUT2D eigenvalue weighted by Crippen LogP contribution is 2.26. The topological polar surface area (TPSA) is 82.2 Å². The molecule has 22 heavy (non-hydrogen) atoms. The number of aromatic nitrogens is 3. The van der Waals surface area contributed by atoms with E-state index in [-0.39, 0.29) is 9.92 Å². The van der Waals surface area contributed by atoms with Gasteiger partial charge in [0.1, 0.15) is 11.2 Å². The van der Waals surface area contributed by atoms with Crippen molar-refractivity contribution in [3.8, 4) is 0 Å². The molecule has 7 nitrogen and oxygen atoms in total. The molecular weight excluding hydrogens is 326 g/mol. The summed E-state index contributed by atoms with van der Waals surface area (Å²) in [5, 5.41) is 6.84. The van der Waals surface area contributed by atoms with Crippen LogP contribution >= 0.6 is 11.6 Å². The molecule has 2 heterocycles. The molecule has 1 aromatic heterocycles. The largest absolute Gasteiger partial charge is 0.339 e. The molecule has 2 aromatic rings. The molecule has 1 aliphatic rings. The second-order valence-corrected chi connectivity index (χ2v) is 7.45. The van der Waals surface area contributed by atoms with E-state index < -0.39 is 10.0 Å². The van der Waals surface area contributed by atoms with Crippen molar-refractivity contribution in [1.29, 1.82) is 0 Å². The number of piperazine rings is 1. The fourth-order valence-corrected chi connectivity index (χ4v) is 4.42. The summed E-state index contributed by atoms with van der Waals surface area (Å²) in [5.74, 6) is 0.658. The smallest absolute Gasteiger partial charge is 0.244 e. The van der Waals surface area contributed by atoms with Crippen molar-refractivity contribution < 1.29 is 8.42 Å². The Morgan fingerprint density at radius 2 is 1.95 bits per heavy atom. The molecule has 9 heteroatoms. The minimum Gasteiger partial charge on any atom is -0.339 e. The van der Waals surface area contributed by atoms with E-state index in [2.05, 4.69) is 15.2 Å². The van der Waals surface area contributed by atoms with Crippen LogP contribution in [0, 0.1) is 6.92 Å². The summed E-state index contributed by atoms with van der Waals surface area (Å²) >= 11 is 6.07. The van der Waals surface area contributed by atoms with Crippen molar-refractivity contribution in [2.75, 3.05) is 31.1 Å². The maximum absolute atomic E-state index is 12.7. The lowest BCUT2D eigenvalue weighted by Crippen LogP contribution is -2.49. The van der Waals surface area contributed by atoms with Gasteiger partial charge in [-0.25, -0.2) is 13.5 Å². The van der Waals surface area contributed by atoms with Crippen molar-refractivity contribution in [1.82, 2.24) is 19.5 Å². The predicted molar refractivity (Wildman–Crippen MR) is 83.5 cm³/mol. The van der Waals surface area contributed by atoms with Crippen LogP contribution in [0.4, 0.5) is 5.95 Å². The Hall–Kier alpha value is -1.64.